The largest absolute Gasteiger partial charge is 0.479 e. The van der Waals surface area contributed by atoms with Crippen LogP contribution in [0, 0.1) is 0 Å². The average Bonchev–Trinajstić information content (AvgIpc) is 2.76. The summed E-state index contributed by atoms with van der Waals surface area (Å²) >= 11 is 0. The van der Waals surface area contributed by atoms with Gasteiger partial charge in [-0.15, -0.1) is 6.58 Å². The Morgan fingerprint density at radius 2 is 0.903 bits per heavy atom. The van der Waals surface area contributed by atoms with E-state index in [2.05, 4.69) is 6.58 Å². The molecule has 182 valence electrons. The van der Waals surface area contributed by atoms with Gasteiger partial charge >= 0.3 is 5.97 Å². The van der Waals surface area contributed by atoms with Crippen molar-refractivity contribution in [2.24, 2.45) is 0 Å². The Balaban J connectivity index is 3.10. The zero-order valence-corrected chi connectivity index (χ0v) is 20.4. The maximum Gasteiger partial charge on any atom is 0.332 e. The van der Waals surface area contributed by atoms with Gasteiger partial charge in [-0.3, -0.25) is 0 Å². The Kier molecular flexibility index (Phi) is 24.3. The standard InChI is InChI=1S/C28H52O3/c1-2-3-4-5-6-7-8-9-10-11-12-13-14-15-16-17-18-19-20-21-22-23-24-25-26-27(29)28(30)31/h2,24-25,27,29H,1,3-23,26H2,(H,30,31). The van der Waals surface area contributed by atoms with Crippen molar-refractivity contribution in [2.45, 2.75) is 147 Å². The molecule has 0 saturated heterocycles. The number of hydrogen-bond acceptors (Lipinski definition) is 2. The first-order valence-corrected chi connectivity index (χ1v) is 13.3. The molecular formula is C28H52O3. The number of carboxylic acids is 1. The number of carboxylic acid groups (broad SMARTS) is 1. The van der Waals surface area contributed by atoms with E-state index in [1.165, 1.54) is 122 Å². The van der Waals surface area contributed by atoms with E-state index in [0.717, 1.165) is 12.8 Å². The molecule has 0 aromatic carbocycles. The van der Waals surface area contributed by atoms with Crippen molar-refractivity contribution in [2.75, 3.05) is 0 Å². The summed E-state index contributed by atoms with van der Waals surface area (Å²) in [7, 11) is 0. The number of unbranched alkanes of at least 4 members (excludes halogenated alkanes) is 20. The van der Waals surface area contributed by atoms with Crippen molar-refractivity contribution in [1.29, 1.82) is 0 Å². The quantitative estimate of drug-likeness (QED) is 0.111. The molecule has 3 nitrogen and oxygen atoms in total. The Hall–Kier alpha value is -1.09. The van der Waals surface area contributed by atoms with Gasteiger partial charge in [-0.2, -0.15) is 0 Å². The minimum absolute atomic E-state index is 0.215. The fourth-order valence-corrected chi connectivity index (χ4v) is 4.00. The summed E-state index contributed by atoms with van der Waals surface area (Å²) in [6.45, 7) is 3.78. The van der Waals surface area contributed by atoms with E-state index in [-0.39, 0.29) is 6.42 Å². The van der Waals surface area contributed by atoms with Gasteiger partial charge < -0.3 is 10.2 Å². The van der Waals surface area contributed by atoms with E-state index in [0.29, 0.717) is 0 Å². The number of aliphatic hydroxyl groups excluding tert-OH is 1. The van der Waals surface area contributed by atoms with Crippen molar-refractivity contribution in [3.8, 4) is 0 Å². The molecule has 0 bridgehead atoms. The van der Waals surface area contributed by atoms with Crippen LogP contribution in [0.3, 0.4) is 0 Å². The lowest BCUT2D eigenvalue weighted by Crippen LogP contribution is -2.17. The summed E-state index contributed by atoms with van der Waals surface area (Å²) in [6.07, 6.45) is 33.2. The molecule has 0 aromatic heterocycles. The molecule has 0 rings (SSSR count). The first-order chi connectivity index (χ1) is 15.2. The molecule has 0 radical (unpaired) electrons. The highest BCUT2D eigenvalue weighted by Crippen LogP contribution is 2.15. The molecule has 1 unspecified atom stereocenters. The van der Waals surface area contributed by atoms with Crippen molar-refractivity contribution >= 4 is 5.97 Å². The fourth-order valence-electron chi connectivity index (χ4n) is 4.00. The summed E-state index contributed by atoms with van der Waals surface area (Å²) in [5.74, 6) is -1.14. The molecule has 1 atom stereocenters. The lowest BCUT2D eigenvalue weighted by molar-refractivity contribution is -0.146. The predicted octanol–water partition coefficient (Wildman–Crippen LogP) is 8.76. The third kappa shape index (κ3) is 25.0. The monoisotopic (exact) mass is 436 g/mol. The van der Waals surface area contributed by atoms with Gasteiger partial charge in [0.15, 0.2) is 6.10 Å². The number of rotatable bonds is 25. The molecule has 0 aliphatic heterocycles. The summed E-state index contributed by atoms with van der Waals surface area (Å²) in [4.78, 5) is 10.5. The summed E-state index contributed by atoms with van der Waals surface area (Å²) in [5.41, 5.74) is 0. The van der Waals surface area contributed by atoms with Crippen molar-refractivity contribution < 1.29 is 15.0 Å². The first-order valence-electron chi connectivity index (χ1n) is 13.3. The Bertz CT molecular complexity index is 416. The van der Waals surface area contributed by atoms with E-state index in [1.807, 2.05) is 12.2 Å². The molecule has 0 aliphatic rings. The zero-order chi connectivity index (χ0) is 22.8. The highest BCUT2D eigenvalue weighted by atomic mass is 16.4. The highest BCUT2D eigenvalue weighted by Gasteiger charge is 2.09. The minimum atomic E-state index is -1.26. The van der Waals surface area contributed by atoms with Crippen molar-refractivity contribution in [1.82, 2.24) is 0 Å². The number of hydrogen-bond donors (Lipinski definition) is 2. The summed E-state index contributed by atoms with van der Waals surface area (Å²) in [6, 6.07) is 0. The van der Waals surface area contributed by atoms with Crippen LogP contribution >= 0.6 is 0 Å². The molecule has 31 heavy (non-hydrogen) atoms. The van der Waals surface area contributed by atoms with Crippen LogP contribution in [0.2, 0.25) is 0 Å². The average molecular weight is 437 g/mol. The van der Waals surface area contributed by atoms with E-state index in [4.69, 9.17) is 10.2 Å². The molecule has 0 spiro atoms. The third-order valence-electron chi connectivity index (χ3n) is 6.09. The molecule has 0 aliphatic carbocycles. The zero-order valence-electron chi connectivity index (χ0n) is 20.4. The maximum absolute atomic E-state index is 10.5. The highest BCUT2D eigenvalue weighted by molar-refractivity contribution is 5.72. The van der Waals surface area contributed by atoms with Crippen LogP contribution in [0.1, 0.15) is 141 Å². The van der Waals surface area contributed by atoms with Crippen LogP contribution in [0.5, 0.6) is 0 Å². The molecule has 0 saturated carbocycles. The van der Waals surface area contributed by atoms with Gasteiger partial charge in [-0.05, 0) is 25.7 Å². The molecule has 2 N–H and O–H groups in total. The predicted molar refractivity (Wildman–Crippen MR) is 135 cm³/mol. The van der Waals surface area contributed by atoms with Gasteiger partial charge in [0.05, 0.1) is 0 Å². The van der Waals surface area contributed by atoms with Crippen LogP contribution in [-0.4, -0.2) is 22.3 Å². The smallest absolute Gasteiger partial charge is 0.332 e. The van der Waals surface area contributed by atoms with Crippen LogP contribution < -0.4 is 0 Å². The Labute approximate surface area is 193 Å². The van der Waals surface area contributed by atoms with Crippen molar-refractivity contribution in [3.63, 3.8) is 0 Å². The summed E-state index contributed by atoms with van der Waals surface area (Å²) in [5, 5.41) is 17.7. The fraction of sp³-hybridized carbons (Fsp3) is 0.821. The molecule has 0 aromatic rings. The topological polar surface area (TPSA) is 57.5 Å². The van der Waals surface area contributed by atoms with Crippen LogP contribution in [0.15, 0.2) is 24.8 Å². The van der Waals surface area contributed by atoms with E-state index >= 15 is 0 Å². The van der Waals surface area contributed by atoms with E-state index < -0.39 is 12.1 Å². The summed E-state index contributed by atoms with van der Waals surface area (Å²) < 4.78 is 0. The van der Waals surface area contributed by atoms with Crippen LogP contribution in [-0.2, 0) is 4.79 Å². The van der Waals surface area contributed by atoms with Crippen LogP contribution in [0.25, 0.3) is 0 Å². The number of allylic oxidation sites excluding steroid dienone is 2. The number of aliphatic hydroxyl groups is 1. The minimum Gasteiger partial charge on any atom is -0.479 e. The SMILES string of the molecule is C=CCCCCCCCCCCCCCCCCCCCCCC=CCC(O)C(=O)O. The first kappa shape index (κ1) is 29.9. The third-order valence-corrected chi connectivity index (χ3v) is 6.09. The second kappa shape index (κ2) is 25.2. The van der Waals surface area contributed by atoms with Gasteiger partial charge in [-0.1, -0.05) is 127 Å². The Morgan fingerprint density at radius 3 is 1.23 bits per heavy atom. The molecule has 0 fully saturated rings. The van der Waals surface area contributed by atoms with E-state index in [1.54, 1.807) is 6.08 Å². The number of aliphatic carboxylic acids is 1. The molecule has 3 heteroatoms. The maximum atomic E-state index is 10.5. The number of carbonyl (C=O) groups is 1. The van der Waals surface area contributed by atoms with Gasteiger partial charge in [-0.25, -0.2) is 4.79 Å². The second-order valence-corrected chi connectivity index (χ2v) is 9.14. The van der Waals surface area contributed by atoms with Crippen molar-refractivity contribution in [3.05, 3.63) is 24.8 Å². The lowest BCUT2D eigenvalue weighted by atomic mass is 10.0. The normalized spacial score (nSPS) is 12.4. The van der Waals surface area contributed by atoms with Gasteiger partial charge in [0.2, 0.25) is 0 Å². The molecule has 0 amide bonds. The van der Waals surface area contributed by atoms with Gasteiger partial charge in [0.25, 0.3) is 0 Å². The lowest BCUT2D eigenvalue weighted by Gasteiger charge is -2.04. The van der Waals surface area contributed by atoms with Gasteiger partial charge in [0.1, 0.15) is 0 Å². The molecule has 0 heterocycles. The Morgan fingerprint density at radius 1 is 0.581 bits per heavy atom. The van der Waals surface area contributed by atoms with Crippen LogP contribution in [0.4, 0.5) is 0 Å². The second-order valence-electron chi connectivity index (χ2n) is 9.14. The van der Waals surface area contributed by atoms with Gasteiger partial charge in [0, 0.05) is 6.42 Å². The van der Waals surface area contributed by atoms with E-state index in [9.17, 15) is 4.79 Å². The molecular weight excluding hydrogens is 384 g/mol.